The summed E-state index contributed by atoms with van der Waals surface area (Å²) in [6.07, 6.45) is 2.06. The van der Waals surface area contributed by atoms with Gasteiger partial charge in [0, 0.05) is 23.4 Å². The first-order chi connectivity index (χ1) is 19.6. The van der Waals surface area contributed by atoms with E-state index in [1.165, 1.54) is 0 Å². The Hall–Kier alpha value is -4.57. The molecule has 10 heteroatoms. The minimum Gasteiger partial charge on any atom is -0.494 e. The van der Waals surface area contributed by atoms with Gasteiger partial charge in [-0.15, -0.1) is 5.10 Å². The highest BCUT2D eigenvalue weighted by atomic mass is 16.7. The van der Waals surface area contributed by atoms with Crippen LogP contribution in [0.5, 0.6) is 23.3 Å². The molecule has 0 spiro atoms. The summed E-state index contributed by atoms with van der Waals surface area (Å²) in [5, 5.41) is 7.51. The normalized spacial score (nSPS) is 11.8. The zero-order valence-electron chi connectivity index (χ0n) is 22.6. The Morgan fingerprint density at radius 3 is 2.50 bits per heavy atom. The van der Waals surface area contributed by atoms with E-state index in [0.29, 0.717) is 55.0 Å². The van der Waals surface area contributed by atoms with Crippen LogP contribution in [0.15, 0.2) is 66.7 Å². The molecule has 0 aliphatic carbocycles. The number of hydrogen-bond donors (Lipinski definition) is 1. The van der Waals surface area contributed by atoms with Gasteiger partial charge in [-0.25, -0.2) is 4.68 Å². The monoisotopic (exact) mass is 544 g/mol. The molecule has 4 aromatic rings. The number of anilines is 1. The zero-order valence-corrected chi connectivity index (χ0v) is 22.6. The van der Waals surface area contributed by atoms with Crippen molar-refractivity contribution in [3.63, 3.8) is 0 Å². The third-order valence-corrected chi connectivity index (χ3v) is 6.13. The molecule has 2 heterocycles. The van der Waals surface area contributed by atoms with Gasteiger partial charge in [-0.3, -0.25) is 4.79 Å². The summed E-state index contributed by atoms with van der Waals surface area (Å²) in [7, 11) is 0. The van der Waals surface area contributed by atoms with Crippen molar-refractivity contribution in [2.24, 2.45) is 0 Å². The number of rotatable bonds is 13. The van der Waals surface area contributed by atoms with Crippen LogP contribution in [0, 0.1) is 0 Å². The standard InChI is InChI=1S/C30H32N4O6/c1-3-5-16-37-25-13-6-21(7-14-25)29(35)31-23-9-11-24(12-10-23)34-28(32-30(33-34)38-18-17-36-4-2)22-8-15-26-27(19-22)40-20-39-26/h6-15,19H,3-5,16-18,20H2,1-2H3,(H,31,35). The maximum atomic E-state index is 12.8. The topological polar surface area (TPSA) is 106 Å². The van der Waals surface area contributed by atoms with E-state index in [2.05, 4.69) is 22.3 Å². The van der Waals surface area contributed by atoms with Crippen LogP contribution in [0.4, 0.5) is 5.69 Å². The van der Waals surface area contributed by atoms with Crippen LogP contribution < -0.4 is 24.3 Å². The van der Waals surface area contributed by atoms with Crippen LogP contribution in [0.2, 0.25) is 0 Å². The fourth-order valence-electron chi connectivity index (χ4n) is 4.02. The number of aromatic nitrogens is 3. The van der Waals surface area contributed by atoms with E-state index < -0.39 is 0 Å². The number of hydrogen-bond acceptors (Lipinski definition) is 8. The lowest BCUT2D eigenvalue weighted by molar-refractivity contribution is 0.102. The predicted octanol–water partition coefficient (Wildman–Crippen LogP) is 5.51. The Bertz CT molecular complexity index is 1420. The lowest BCUT2D eigenvalue weighted by atomic mass is 10.2. The van der Waals surface area contributed by atoms with Gasteiger partial charge in [0.2, 0.25) is 6.79 Å². The molecule has 5 rings (SSSR count). The highest BCUT2D eigenvalue weighted by Gasteiger charge is 2.19. The first-order valence-electron chi connectivity index (χ1n) is 13.4. The highest BCUT2D eigenvalue weighted by molar-refractivity contribution is 6.04. The summed E-state index contributed by atoms with van der Waals surface area (Å²) in [5.41, 5.74) is 2.72. The second-order valence-electron chi connectivity index (χ2n) is 8.97. The lowest BCUT2D eigenvalue weighted by Crippen LogP contribution is -2.12. The van der Waals surface area contributed by atoms with Crippen molar-refractivity contribution in [2.75, 3.05) is 38.5 Å². The molecule has 10 nitrogen and oxygen atoms in total. The summed E-state index contributed by atoms with van der Waals surface area (Å²) in [5.74, 6) is 2.44. The van der Waals surface area contributed by atoms with Gasteiger partial charge in [0.1, 0.15) is 12.4 Å². The van der Waals surface area contributed by atoms with Crippen LogP contribution in [0.3, 0.4) is 0 Å². The van der Waals surface area contributed by atoms with Gasteiger partial charge in [-0.2, -0.15) is 4.98 Å². The van der Waals surface area contributed by atoms with Gasteiger partial charge in [-0.1, -0.05) is 13.3 Å². The molecule has 3 aromatic carbocycles. The smallest absolute Gasteiger partial charge is 0.336 e. The summed E-state index contributed by atoms with van der Waals surface area (Å²) < 4.78 is 29.5. The molecule has 1 N–H and O–H groups in total. The van der Waals surface area contributed by atoms with Gasteiger partial charge < -0.3 is 29.0 Å². The van der Waals surface area contributed by atoms with Crippen molar-refractivity contribution in [3.05, 3.63) is 72.3 Å². The first kappa shape index (κ1) is 27.0. The zero-order chi connectivity index (χ0) is 27.7. The molecule has 0 radical (unpaired) electrons. The third-order valence-electron chi connectivity index (χ3n) is 6.13. The summed E-state index contributed by atoms with van der Waals surface area (Å²) >= 11 is 0. The molecule has 1 aliphatic rings. The maximum Gasteiger partial charge on any atom is 0.336 e. The van der Waals surface area contributed by atoms with Crippen molar-refractivity contribution in [1.29, 1.82) is 0 Å². The number of nitrogens with zero attached hydrogens (tertiary/aromatic N) is 3. The number of fused-ring (bicyclic) bond motifs is 1. The summed E-state index contributed by atoms with van der Waals surface area (Å²) in [6.45, 7) is 6.26. The van der Waals surface area contributed by atoms with Gasteiger partial charge in [0.05, 0.1) is 18.9 Å². The van der Waals surface area contributed by atoms with Crippen molar-refractivity contribution in [1.82, 2.24) is 14.8 Å². The molecular formula is C30H32N4O6. The second kappa shape index (κ2) is 13.0. The molecule has 0 fully saturated rings. The molecule has 40 heavy (non-hydrogen) atoms. The number of unbranched alkanes of at least 4 members (excludes halogenated alkanes) is 1. The Kier molecular flexibility index (Phi) is 8.77. The van der Waals surface area contributed by atoms with E-state index >= 15 is 0 Å². The molecule has 0 atom stereocenters. The van der Waals surface area contributed by atoms with Crippen LogP contribution in [-0.4, -0.2) is 53.9 Å². The number of carbonyl (C=O) groups is 1. The second-order valence-corrected chi connectivity index (χ2v) is 8.97. The number of amides is 1. The summed E-state index contributed by atoms with van der Waals surface area (Å²) in [4.78, 5) is 17.4. The largest absolute Gasteiger partial charge is 0.494 e. The Morgan fingerprint density at radius 1 is 0.925 bits per heavy atom. The first-order valence-corrected chi connectivity index (χ1v) is 13.4. The fourth-order valence-corrected chi connectivity index (χ4v) is 4.02. The molecule has 0 bridgehead atoms. The Balaban J connectivity index is 1.32. The quantitative estimate of drug-likeness (QED) is 0.220. The molecule has 1 aromatic heterocycles. The Morgan fingerprint density at radius 2 is 1.73 bits per heavy atom. The number of carbonyl (C=O) groups excluding carboxylic acids is 1. The van der Waals surface area contributed by atoms with E-state index in [4.69, 9.17) is 23.7 Å². The minimum atomic E-state index is -0.209. The van der Waals surface area contributed by atoms with Crippen LogP contribution in [-0.2, 0) is 4.74 Å². The Labute approximate surface area is 232 Å². The van der Waals surface area contributed by atoms with Gasteiger partial charge in [0.15, 0.2) is 17.3 Å². The highest BCUT2D eigenvalue weighted by Crippen LogP contribution is 2.36. The number of nitrogens with one attached hydrogen (secondary N) is 1. The van der Waals surface area contributed by atoms with Crippen LogP contribution in [0.1, 0.15) is 37.0 Å². The van der Waals surface area contributed by atoms with E-state index in [1.54, 1.807) is 16.8 Å². The minimum absolute atomic E-state index is 0.182. The van der Waals surface area contributed by atoms with E-state index in [1.807, 2.05) is 61.5 Å². The molecule has 0 unspecified atom stereocenters. The number of ether oxygens (including phenoxy) is 5. The van der Waals surface area contributed by atoms with Crippen molar-refractivity contribution in [3.8, 4) is 40.3 Å². The number of benzene rings is 3. The molecule has 0 saturated carbocycles. The molecular weight excluding hydrogens is 512 g/mol. The van der Waals surface area contributed by atoms with E-state index in [9.17, 15) is 4.79 Å². The van der Waals surface area contributed by atoms with Gasteiger partial charge >= 0.3 is 6.01 Å². The van der Waals surface area contributed by atoms with Crippen molar-refractivity contribution in [2.45, 2.75) is 26.7 Å². The molecule has 208 valence electrons. The van der Waals surface area contributed by atoms with Crippen LogP contribution in [0.25, 0.3) is 17.1 Å². The molecule has 1 aliphatic heterocycles. The third kappa shape index (κ3) is 6.52. The predicted molar refractivity (Wildman–Crippen MR) is 150 cm³/mol. The van der Waals surface area contributed by atoms with Crippen LogP contribution >= 0.6 is 0 Å². The van der Waals surface area contributed by atoms with Gasteiger partial charge in [0.25, 0.3) is 5.91 Å². The van der Waals surface area contributed by atoms with E-state index in [0.717, 1.165) is 29.8 Å². The van der Waals surface area contributed by atoms with Gasteiger partial charge in [-0.05, 0) is 80.1 Å². The lowest BCUT2D eigenvalue weighted by Gasteiger charge is -2.10. The fraction of sp³-hybridized carbons (Fsp3) is 0.300. The van der Waals surface area contributed by atoms with Crippen molar-refractivity contribution < 1.29 is 28.5 Å². The summed E-state index contributed by atoms with van der Waals surface area (Å²) in [6, 6.07) is 20.3. The molecule has 1 amide bonds. The van der Waals surface area contributed by atoms with Crippen molar-refractivity contribution >= 4 is 11.6 Å². The SMILES string of the molecule is CCCCOc1ccc(C(=O)Nc2ccc(-n3nc(OCCOCC)nc3-c3ccc4c(c3)OCO4)cc2)cc1. The average molecular weight is 545 g/mol. The average Bonchev–Trinajstić information content (AvgIpc) is 3.63. The molecule has 0 saturated heterocycles. The maximum absolute atomic E-state index is 12.8. The van der Waals surface area contributed by atoms with E-state index in [-0.39, 0.29) is 18.7 Å².